The Kier molecular flexibility index (Phi) is 9.77. The molecule has 6 heteroatoms. The number of halogens is 2. The number of hydrogen-bond acceptors (Lipinski definition) is 3. The molecule has 0 fully saturated rings. The van der Waals surface area contributed by atoms with Crippen LogP contribution in [0.1, 0.15) is 5.56 Å². The van der Waals surface area contributed by atoms with Crippen LogP contribution in [0.25, 0.3) is 10.6 Å². The highest BCUT2D eigenvalue weighted by atomic mass is 127. The molecule has 0 spiro atoms. The van der Waals surface area contributed by atoms with E-state index in [1.807, 2.05) is 23.9 Å². The van der Waals surface area contributed by atoms with Crippen LogP contribution < -0.4 is 45.3 Å². The summed E-state index contributed by atoms with van der Waals surface area (Å²) in [6.07, 6.45) is 0. The first-order valence-electron chi connectivity index (χ1n) is 12.7. The fourth-order valence-corrected chi connectivity index (χ4v) is 12.2. The molecule has 0 aliphatic rings. The van der Waals surface area contributed by atoms with E-state index in [9.17, 15) is 0 Å². The summed E-state index contributed by atoms with van der Waals surface area (Å²) in [5.74, 6) is 0.883. The Morgan fingerprint density at radius 3 is 1.52 bits per heavy atom. The van der Waals surface area contributed by atoms with Crippen molar-refractivity contribution in [3.63, 3.8) is 0 Å². The Bertz CT molecular complexity index is 1550. The fourth-order valence-electron chi connectivity index (χ4n) is 4.81. The third-order valence-electron chi connectivity index (χ3n) is 6.63. The first-order chi connectivity index (χ1) is 19.2. The van der Waals surface area contributed by atoms with Crippen LogP contribution in [0.2, 0.25) is 5.02 Å². The van der Waals surface area contributed by atoms with Crippen molar-refractivity contribution in [3.8, 4) is 10.6 Å². The lowest BCUT2D eigenvalue weighted by atomic mass is 10.2. The van der Waals surface area contributed by atoms with Gasteiger partial charge >= 0.3 is 0 Å². The molecule has 6 rings (SSSR count). The van der Waals surface area contributed by atoms with Gasteiger partial charge in [-0.25, -0.2) is 0 Å². The predicted molar refractivity (Wildman–Crippen MR) is 173 cm³/mol. The van der Waals surface area contributed by atoms with Crippen molar-refractivity contribution >= 4 is 63.3 Å². The molecule has 198 valence electrons. The zero-order valence-electron chi connectivity index (χ0n) is 21.5. The minimum Gasteiger partial charge on any atom is -1.00 e. The van der Waals surface area contributed by atoms with Crippen LogP contribution in [0.15, 0.2) is 150 Å². The Hall–Kier alpha value is -2.47. The Morgan fingerprint density at radius 2 is 1.05 bits per heavy atom. The van der Waals surface area contributed by atoms with E-state index in [4.69, 9.17) is 16.6 Å². The van der Waals surface area contributed by atoms with Gasteiger partial charge in [0.2, 0.25) is 5.44 Å². The highest BCUT2D eigenvalue weighted by Gasteiger charge is 2.52. The van der Waals surface area contributed by atoms with Crippen molar-refractivity contribution in [1.82, 2.24) is 4.98 Å². The lowest BCUT2D eigenvalue weighted by Gasteiger charge is -2.26. The Morgan fingerprint density at radius 1 is 0.600 bits per heavy atom. The van der Waals surface area contributed by atoms with Gasteiger partial charge in [-0.3, -0.25) is 0 Å². The van der Waals surface area contributed by atoms with Crippen molar-refractivity contribution < 1.29 is 24.0 Å². The number of thiazole rings is 1. The molecule has 0 saturated carbocycles. The second-order valence-electron chi connectivity index (χ2n) is 9.09. The van der Waals surface area contributed by atoms with Crippen LogP contribution in [-0.2, 0) is 5.75 Å². The van der Waals surface area contributed by atoms with Crippen LogP contribution in [0.5, 0.6) is 0 Å². The van der Waals surface area contributed by atoms with Gasteiger partial charge in [-0.1, -0.05) is 109 Å². The average Bonchev–Trinajstić information content (AvgIpc) is 3.43. The minimum absolute atomic E-state index is 0. The number of nitrogens with zero attached hydrogens (tertiary/aromatic N) is 1. The summed E-state index contributed by atoms with van der Waals surface area (Å²) in [6.45, 7) is 0. The molecule has 1 nitrogen and oxygen atoms in total. The van der Waals surface area contributed by atoms with Gasteiger partial charge in [0.15, 0.2) is 7.26 Å². The maximum atomic E-state index is 6.25. The Balaban J connectivity index is 0.00000323. The quantitative estimate of drug-likeness (QED) is 0.120. The van der Waals surface area contributed by atoms with Gasteiger partial charge in [0.25, 0.3) is 0 Å². The summed E-state index contributed by atoms with van der Waals surface area (Å²) < 4.78 is 1.26. The monoisotopic (exact) mass is 705 g/mol. The molecule has 0 unspecified atom stereocenters. The second kappa shape index (κ2) is 13.5. The van der Waals surface area contributed by atoms with Crippen LogP contribution in [0.3, 0.4) is 0 Å². The van der Waals surface area contributed by atoms with E-state index in [1.165, 1.54) is 31.1 Å². The fraction of sp³-hybridized carbons (Fsp3) is 0.0294. The van der Waals surface area contributed by atoms with E-state index in [-0.39, 0.29) is 24.0 Å². The summed E-state index contributed by atoms with van der Waals surface area (Å²) in [5.41, 5.74) is 3.56. The highest BCUT2D eigenvalue weighted by Crippen LogP contribution is 2.57. The maximum absolute atomic E-state index is 6.25. The summed E-state index contributed by atoms with van der Waals surface area (Å²) >= 11 is 9.92. The van der Waals surface area contributed by atoms with Gasteiger partial charge in [-0.15, -0.1) is 23.1 Å². The first-order valence-corrected chi connectivity index (χ1v) is 16.7. The van der Waals surface area contributed by atoms with Crippen molar-refractivity contribution in [3.05, 3.63) is 156 Å². The predicted octanol–water partition coefficient (Wildman–Crippen LogP) is 5.38. The van der Waals surface area contributed by atoms with Gasteiger partial charge in [0.1, 0.15) is 25.1 Å². The van der Waals surface area contributed by atoms with E-state index in [2.05, 4.69) is 133 Å². The van der Waals surface area contributed by atoms with Crippen molar-refractivity contribution in [2.75, 3.05) is 0 Å². The van der Waals surface area contributed by atoms with Crippen LogP contribution in [0.4, 0.5) is 0 Å². The smallest absolute Gasteiger partial charge is 0.223 e. The molecule has 1 aromatic heterocycles. The molecule has 40 heavy (non-hydrogen) atoms. The van der Waals surface area contributed by atoms with E-state index < -0.39 is 7.26 Å². The van der Waals surface area contributed by atoms with Gasteiger partial charge < -0.3 is 24.0 Å². The topological polar surface area (TPSA) is 12.9 Å². The lowest BCUT2D eigenvalue weighted by Crippen LogP contribution is -3.00. The third kappa shape index (κ3) is 5.93. The lowest BCUT2D eigenvalue weighted by molar-refractivity contribution is -0.00000732. The molecular weight excluding hydrogens is 680 g/mol. The van der Waals surface area contributed by atoms with E-state index >= 15 is 0 Å². The zero-order valence-corrected chi connectivity index (χ0v) is 27.0. The molecular formula is C34H26ClINPS2. The molecule has 0 N–H and O–H groups in total. The number of aromatic nitrogens is 1. The molecule has 6 aromatic rings. The van der Waals surface area contributed by atoms with Crippen molar-refractivity contribution in [2.45, 2.75) is 9.96 Å². The van der Waals surface area contributed by atoms with Crippen LogP contribution >= 0.6 is 42.0 Å². The van der Waals surface area contributed by atoms with Crippen molar-refractivity contribution in [1.29, 1.82) is 0 Å². The SMILES string of the molecule is Clc1ccc(-c2nc([P+](c3ccccc3)(c3ccccc3)c3ccccc3)c(SCc3ccccc3)s2)cc1.[I-]. The summed E-state index contributed by atoms with van der Waals surface area (Å²) in [6, 6.07) is 51.6. The maximum Gasteiger partial charge on any atom is 0.223 e. The molecule has 0 amide bonds. The molecule has 1 heterocycles. The Labute approximate surface area is 267 Å². The van der Waals surface area contributed by atoms with Crippen molar-refractivity contribution in [2.24, 2.45) is 0 Å². The molecule has 5 aromatic carbocycles. The van der Waals surface area contributed by atoms with Gasteiger partial charge in [-0.2, -0.15) is 4.98 Å². The standard InChI is InChI=1S/C34H26ClNPS2.HI/c35-28-23-21-27(22-24-28)33-36-32(34(39-33)38-25-26-13-5-1-6-14-26)37(29-15-7-2-8-16-29,30-17-9-3-10-18-30)31-19-11-4-12-20-31;/h1-24H,25H2;1H/q+1;/p-1. The molecule has 0 bridgehead atoms. The zero-order chi connectivity index (χ0) is 26.5. The van der Waals surface area contributed by atoms with E-state index in [0.29, 0.717) is 0 Å². The molecule has 0 saturated heterocycles. The second-order valence-corrected chi connectivity index (χ2v) is 15.1. The largest absolute Gasteiger partial charge is 1.00 e. The molecule has 0 aliphatic heterocycles. The summed E-state index contributed by atoms with van der Waals surface area (Å²) in [4.78, 5) is 5.53. The van der Waals surface area contributed by atoms with Gasteiger partial charge in [0.05, 0.1) is 0 Å². The molecule has 0 radical (unpaired) electrons. The number of rotatable bonds is 8. The highest BCUT2D eigenvalue weighted by molar-refractivity contribution is 8.05. The average molecular weight is 706 g/mol. The van der Waals surface area contributed by atoms with Gasteiger partial charge in [0, 0.05) is 16.3 Å². The normalized spacial score (nSPS) is 11.1. The molecule has 0 atom stereocenters. The minimum atomic E-state index is -2.32. The third-order valence-corrected chi connectivity index (χ3v) is 13.8. The number of thioether (sulfide) groups is 1. The summed E-state index contributed by atoms with van der Waals surface area (Å²) in [5, 5.41) is 5.66. The summed E-state index contributed by atoms with van der Waals surface area (Å²) in [7, 11) is -2.32. The van der Waals surface area contributed by atoms with E-state index in [0.717, 1.165) is 21.3 Å². The first kappa shape index (κ1) is 29.0. The number of benzene rings is 5. The van der Waals surface area contributed by atoms with E-state index in [1.54, 1.807) is 11.3 Å². The van der Waals surface area contributed by atoms with Gasteiger partial charge in [-0.05, 0) is 54.1 Å². The molecule has 0 aliphatic carbocycles. The van der Waals surface area contributed by atoms with Crippen LogP contribution in [0, 0.1) is 0 Å². The number of hydrogen-bond donors (Lipinski definition) is 0. The van der Waals surface area contributed by atoms with Crippen LogP contribution in [-0.4, -0.2) is 4.98 Å².